The molecule has 0 radical (unpaired) electrons. The van der Waals surface area contributed by atoms with Crippen molar-refractivity contribution in [1.82, 2.24) is 9.80 Å². The minimum absolute atomic E-state index is 0.234. The average molecular weight is 254 g/mol. The molecule has 0 aromatic heterocycles. The number of ether oxygens (including phenoxy) is 1. The molecule has 0 spiro atoms. The van der Waals surface area contributed by atoms with Crippen LogP contribution in [0.15, 0.2) is 0 Å². The van der Waals surface area contributed by atoms with Crippen molar-refractivity contribution in [2.45, 2.75) is 25.6 Å². The first-order chi connectivity index (χ1) is 7.74. The van der Waals surface area contributed by atoms with Crippen LogP contribution in [0, 0.1) is 0 Å². The Bertz CT molecular complexity index is 243. The molecule has 0 aliphatic carbocycles. The van der Waals surface area contributed by atoms with Gasteiger partial charge >= 0.3 is 6.18 Å². The zero-order chi connectivity index (χ0) is 13.1. The highest BCUT2D eigenvalue weighted by Gasteiger charge is 2.38. The molecular weight excluding hydrogens is 233 g/mol. The maximum atomic E-state index is 12.3. The van der Waals surface area contributed by atoms with E-state index >= 15 is 0 Å². The van der Waals surface area contributed by atoms with Crippen LogP contribution in [0.5, 0.6) is 0 Å². The van der Waals surface area contributed by atoms with E-state index in [0.717, 1.165) is 6.54 Å². The van der Waals surface area contributed by atoms with Gasteiger partial charge in [0.2, 0.25) is 0 Å². The van der Waals surface area contributed by atoms with Crippen molar-refractivity contribution in [3.05, 3.63) is 0 Å². The molecule has 0 bridgehead atoms. The number of hydrogen-bond acceptors (Lipinski definition) is 3. The van der Waals surface area contributed by atoms with E-state index in [1.54, 1.807) is 7.11 Å². The molecule has 1 aliphatic rings. The van der Waals surface area contributed by atoms with E-state index < -0.39 is 12.7 Å². The smallest absolute Gasteiger partial charge is 0.383 e. The summed E-state index contributed by atoms with van der Waals surface area (Å²) in [5, 5.41) is 0. The van der Waals surface area contributed by atoms with E-state index in [-0.39, 0.29) is 5.54 Å². The molecule has 0 aromatic rings. The van der Waals surface area contributed by atoms with Crippen LogP contribution < -0.4 is 0 Å². The molecule has 1 fully saturated rings. The highest BCUT2D eigenvalue weighted by molar-refractivity contribution is 4.90. The summed E-state index contributed by atoms with van der Waals surface area (Å²) in [6.07, 6.45) is -4.11. The number of halogens is 3. The van der Waals surface area contributed by atoms with E-state index in [4.69, 9.17) is 4.74 Å². The second-order valence-electron chi connectivity index (χ2n) is 5.12. The Morgan fingerprint density at radius 1 is 1.24 bits per heavy atom. The molecule has 1 heterocycles. The highest BCUT2D eigenvalue weighted by Crippen LogP contribution is 2.24. The third kappa shape index (κ3) is 4.81. The van der Waals surface area contributed by atoms with Crippen molar-refractivity contribution in [3.8, 4) is 0 Å². The molecule has 1 aliphatic heterocycles. The molecule has 3 nitrogen and oxygen atoms in total. The van der Waals surface area contributed by atoms with Gasteiger partial charge in [-0.25, -0.2) is 0 Å². The molecule has 6 heteroatoms. The first-order valence-corrected chi connectivity index (χ1v) is 5.78. The van der Waals surface area contributed by atoms with Crippen LogP contribution in [0.2, 0.25) is 0 Å². The third-order valence-electron chi connectivity index (χ3n) is 3.12. The maximum absolute atomic E-state index is 12.3. The Balaban J connectivity index is 2.50. The van der Waals surface area contributed by atoms with Gasteiger partial charge in [-0.05, 0) is 13.8 Å². The Labute approximate surface area is 101 Å². The fourth-order valence-electron chi connectivity index (χ4n) is 2.30. The van der Waals surface area contributed by atoms with Gasteiger partial charge in [0.15, 0.2) is 0 Å². The predicted molar refractivity (Wildman–Crippen MR) is 60.0 cm³/mol. The van der Waals surface area contributed by atoms with Crippen molar-refractivity contribution >= 4 is 0 Å². The third-order valence-corrected chi connectivity index (χ3v) is 3.12. The van der Waals surface area contributed by atoms with Crippen molar-refractivity contribution in [2.24, 2.45) is 0 Å². The zero-order valence-electron chi connectivity index (χ0n) is 10.7. The van der Waals surface area contributed by atoms with E-state index in [2.05, 4.69) is 4.90 Å². The van der Waals surface area contributed by atoms with Crippen LogP contribution in [0.3, 0.4) is 0 Å². The molecule has 0 atom stereocenters. The Morgan fingerprint density at radius 3 is 2.35 bits per heavy atom. The summed E-state index contributed by atoms with van der Waals surface area (Å²) >= 11 is 0. The van der Waals surface area contributed by atoms with Gasteiger partial charge in [-0.1, -0.05) is 0 Å². The first kappa shape index (κ1) is 14.7. The lowest BCUT2D eigenvalue weighted by atomic mass is 9.99. The molecule has 17 heavy (non-hydrogen) atoms. The fourth-order valence-corrected chi connectivity index (χ4v) is 2.30. The summed E-state index contributed by atoms with van der Waals surface area (Å²) in [5.74, 6) is 0. The van der Waals surface area contributed by atoms with Gasteiger partial charge in [0, 0.05) is 38.8 Å². The molecule has 0 saturated carbocycles. The fraction of sp³-hybridized carbons (Fsp3) is 1.00. The average Bonchev–Trinajstić information content (AvgIpc) is 2.12. The molecule has 0 amide bonds. The number of rotatable bonds is 4. The van der Waals surface area contributed by atoms with E-state index in [1.807, 2.05) is 13.8 Å². The maximum Gasteiger partial charge on any atom is 0.401 e. The SMILES string of the molecule is COCCN1CCN(CC(F)(F)F)CC1(C)C. The van der Waals surface area contributed by atoms with Gasteiger partial charge in [0.05, 0.1) is 13.2 Å². The van der Waals surface area contributed by atoms with Gasteiger partial charge in [0.25, 0.3) is 0 Å². The monoisotopic (exact) mass is 254 g/mol. The first-order valence-electron chi connectivity index (χ1n) is 5.78. The summed E-state index contributed by atoms with van der Waals surface area (Å²) in [6.45, 7) is 6.09. The number of piperazine rings is 1. The molecule has 1 rings (SSSR count). The van der Waals surface area contributed by atoms with Crippen molar-refractivity contribution in [3.63, 3.8) is 0 Å². The van der Waals surface area contributed by atoms with Crippen LogP contribution in [0.4, 0.5) is 13.2 Å². The van der Waals surface area contributed by atoms with Crippen LogP contribution in [0.25, 0.3) is 0 Å². The lowest BCUT2D eigenvalue weighted by molar-refractivity contribution is -0.155. The molecule has 0 aromatic carbocycles. The van der Waals surface area contributed by atoms with Crippen molar-refractivity contribution < 1.29 is 17.9 Å². The van der Waals surface area contributed by atoms with Crippen LogP contribution in [0.1, 0.15) is 13.8 Å². The lowest BCUT2D eigenvalue weighted by Gasteiger charge is -2.47. The van der Waals surface area contributed by atoms with Crippen LogP contribution >= 0.6 is 0 Å². The van der Waals surface area contributed by atoms with Crippen molar-refractivity contribution in [1.29, 1.82) is 0 Å². The second kappa shape index (κ2) is 5.54. The quantitative estimate of drug-likeness (QED) is 0.757. The molecule has 102 valence electrons. The predicted octanol–water partition coefficient (Wildman–Crippen LogP) is 1.59. The minimum Gasteiger partial charge on any atom is -0.383 e. The number of hydrogen-bond donors (Lipinski definition) is 0. The lowest BCUT2D eigenvalue weighted by Crippen LogP contribution is -2.60. The summed E-state index contributed by atoms with van der Waals surface area (Å²) in [5.41, 5.74) is -0.234. The second-order valence-corrected chi connectivity index (χ2v) is 5.12. The van der Waals surface area contributed by atoms with Crippen molar-refractivity contribution in [2.75, 3.05) is 46.4 Å². The minimum atomic E-state index is -4.11. The summed E-state index contributed by atoms with van der Waals surface area (Å²) in [4.78, 5) is 3.66. The highest BCUT2D eigenvalue weighted by atomic mass is 19.4. The van der Waals surface area contributed by atoms with E-state index in [9.17, 15) is 13.2 Å². The summed E-state index contributed by atoms with van der Waals surface area (Å²) in [6, 6.07) is 0. The van der Waals surface area contributed by atoms with E-state index in [1.165, 1.54) is 4.90 Å². The number of nitrogens with zero attached hydrogens (tertiary/aromatic N) is 2. The van der Waals surface area contributed by atoms with Gasteiger partial charge in [0.1, 0.15) is 0 Å². The molecular formula is C11H21F3N2O. The molecule has 0 unspecified atom stereocenters. The zero-order valence-corrected chi connectivity index (χ0v) is 10.7. The van der Waals surface area contributed by atoms with Gasteiger partial charge in [-0.15, -0.1) is 0 Å². The normalized spacial score (nSPS) is 22.9. The number of methoxy groups -OCH3 is 1. The Morgan fingerprint density at radius 2 is 1.88 bits per heavy atom. The van der Waals surface area contributed by atoms with Crippen LogP contribution in [-0.4, -0.2) is 68.0 Å². The van der Waals surface area contributed by atoms with E-state index in [0.29, 0.717) is 26.2 Å². The standard InChI is InChI=1S/C11H21F3N2O/c1-10(2)8-15(9-11(12,13)14)4-5-16(10)6-7-17-3/h4-9H2,1-3H3. The Kier molecular flexibility index (Phi) is 4.80. The Hall–Kier alpha value is -0.330. The van der Waals surface area contributed by atoms with Gasteiger partial charge in [-0.2, -0.15) is 13.2 Å². The molecule has 0 N–H and O–H groups in total. The molecule has 1 saturated heterocycles. The topological polar surface area (TPSA) is 15.7 Å². The number of alkyl halides is 3. The van der Waals surface area contributed by atoms with Gasteiger partial charge < -0.3 is 4.74 Å². The summed E-state index contributed by atoms with van der Waals surface area (Å²) < 4.78 is 42.0. The summed E-state index contributed by atoms with van der Waals surface area (Å²) in [7, 11) is 1.63. The van der Waals surface area contributed by atoms with Crippen LogP contribution in [-0.2, 0) is 4.74 Å². The van der Waals surface area contributed by atoms with Gasteiger partial charge in [-0.3, -0.25) is 9.80 Å². The largest absolute Gasteiger partial charge is 0.401 e.